The minimum atomic E-state index is -0.274. The van der Waals surface area contributed by atoms with Gasteiger partial charge in [-0.25, -0.2) is 0 Å². The average molecular weight is 324 g/mol. The van der Waals surface area contributed by atoms with Crippen molar-refractivity contribution in [2.75, 3.05) is 18.0 Å². The Morgan fingerprint density at radius 1 is 1.04 bits per heavy atom. The third-order valence-corrected chi connectivity index (χ3v) is 5.30. The first kappa shape index (κ1) is 15.1. The quantitative estimate of drug-likeness (QED) is 0.617. The molecule has 1 aromatic carbocycles. The predicted octanol–water partition coefficient (Wildman–Crippen LogP) is 1.92. The zero-order chi connectivity index (χ0) is 16.7. The van der Waals surface area contributed by atoms with Gasteiger partial charge in [0, 0.05) is 12.2 Å². The molecule has 4 rings (SSSR count). The van der Waals surface area contributed by atoms with E-state index in [1.54, 1.807) is 4.90 Å². The SMILES string of the molecule is O=C1[C@H]2CC=CC[C@H]2C(=O)N1CC(=O)N1CCCc2ccccc21. The van der Waals surface area contributed by atoms with Gasteiger partial charge in [0.2, 0.25) is 17.7 Å². The van der Waals surface area contributed by atoms with Crippen LogP contribution in [-0.4, -0.2) is 35.7 Å². The second kappa shape index (κ2) is 5.89. The first-order valence-corrected chi connectivity index (χ1v) is 8.55. The van der Waals surface area contributed by atoms with Crippen molar-refractivity contribution in [1.82, 2.24) is 4.90 Å². The van der Waals surface area contributed by atoms with E-state index in [0.717, 1.165) is 24.1 Å². The van der Waals surface area contributed by atoms with Crippen molar-refractivity contribution in [3.8, 4) is 0 Å². The van der Waals surface area contributed by atoms with Gasteiger partial charge in [-0.05, 0) is 37.3 Å². The fourth-order valence-electron chi connectivity index (χ4n) is 4.04. The molecule has 0 unspecified atom stereocenters. The van der Waals surface area contributed by atoms with Crippen molar-refractivity contribution in [2.24, 2.45) is 11.8 Å². The summed E-state index contributed by atoms with van der Waals surface area (Å²) >= 11 is 0. The molecule has 2 aliphatic heterocycles. The minimum Gasteiger partial charge on any atom is -0.311 e. The van der Waals surface area contributed by atoms with Crippen LogP contribution in [0.25, 0.3) is 0 Å². The number of fused-ring (bicyclic) bond motifs is 2. The number of hydrogen-bond acceptors (Lipinski definition) is 3. The molecule has 0 N–H and O–H groups in total. The highest BCUT2D eigenvalue weighted by Crippen LogP contribution is 2.35. The molecule has 0 bridgehead atoms. The van der Waals surface area contributed by atoms with Crippen LogP contribution in [-0.2, 0) is 20.8 Å². The second-order valence-corrected chi connectivity index (χ2v) is 6.70. The average Bonchev–Trinajstić information content (AvgIpc) is 2.86. The third-order valence-electron chi connectivity index (χ3n) is 5.30. The zero-order valence-electron chi connectivity index (χ0n) is 13.5. The Hall–Kier alpha value is -2.43. The molecular weight excluding hydrogens is 304 g/mol. The number of likely N-dealkylation sites (tertiary alicyclic amines) is 1. The molecule has 5 heteroatoms. The molecule has 3 aliphatic rings. The molecule has 0 saturated carbocycles. The second-order valence-electron chi connectivity index (χ2n) is 6.70. The van der Waals surface area contributed by atoms with Crippen LogP contribution in [0.5, 0.6) is 0 Å². The molecule has 1 fully saturated rings. The fourth-order valence-corrected chi connectivity index (χ4v) is 4.04. The number of aryl methyl sites for hydroxylation is 1. The molecule has 1 aliphatic carbocycles. The van der Waals surface area contributed by atoms with E-state index in [9.17, 15) is 14.4 Å². The summed E-state index contributed by atoms with van der Waals surface area (Å²) in [6.07, 6.45) is 6.98. The van der Waals surface area contributed by atoms with E-state index in [2.05, 4.69) is 0 Å². The van der Waals surface area contributed by atoms with Crippen LogP contribution in [0.15, 0.2) is 36.4 Å². The molecule has 0 radical (unpaired) electrons. The van der Waals surface area contributed by atoms with E-state index >= 15 is 0 Å². The van der Waals surface area contributed by atoms with Gasteiger partial charge in [0.05, 0.1) is 11.8 Å². The number of rotatable bonds is 2. The van der Waals surface area contributed by atoms with Gasteiger partial charge >= 0.3 is 0 Å². The summed E-state index contributed by atoms with van der Waals surface area (Å²) in [6.45, 7) is 0.499. The number of para-hydroxylation sites is 1. The number of carbonyl (C=O) groups excluding carboxylic acids is 3. The van der Waals surface area contributed by atoms with Gasteiger partial charge in [-0.2, -0.15) is 0 Å². The number of anilines is 1. The minimum absolute atomic E-state index is 0.140. The molecule has 2 atom stereocenters. The number of allylic oxidation sites excluding steroid dienone is 2. The normalized spacial score (nSPS) is 25.7. The number of benzene rings is 1. The van der Waals surface area contributed by atoms with Gasteiger partial charge in [0.15, 0.2) is 0 Å². The lowest BCUT2D eigenvalue weighted by Gasteiger charge is -2.30. The van der Waals surface area contributed by atoms with Crippen LogP contribution in [0.1, 0.15) is 24.8 Å². The highest BCUT2D eigenvalue weighted by molar-refractivity contribution is 6.09. The number of hydrogen-bond donors (Lipinski definition) is 0. The molecule has 0 aromatic heterocycles. The summed E-state index contributed by atoms with van der Waals surface area (Å²) in [5, 5.41) is 0. The van der Waals surface area contributed by atoms with Crippen molar-refractivity contribution in [3.05, 3.63) is 42.0 Å². The maximum Gasteiger partial charge on any atom is 0.247 e. The Bertz CT molecular complexity index is 714. The lowest BCUT2D eigenvalue weighted by atomic mass is 9.85. The Balaban J connectivity index is 1.53. The first-order chi connectivity index (χ1) is 11.7. The van der Waals surface area contributed by atoms with Gasteiger partial charge in [0.1, 0.15) is 6.54 Å². The molecule has 1 saturated heterocycles. The highest BCUT2D eigenvalue weighted by atomic mass is 16.2. The number of imide groups is 1. The van der Waals surface area contributed by atoms with E-state index in [4.69, 9.17) is 0 Å². The molecule has 124 valence electrons. The standard InChI is InChI=1S/C19H20N2O3/c22-17(20-11-5-7-13-6-1-4-10-16(13)20)12-21-18(23)14-8-2-3-9-15(14)19(21)24/h1-4,6,10,14-15H,5,7-9,11-12H2/t14-,15+. The van der Waals surface area contributed by atoms with E-state index in [1.165, 1.54) is 4.90 Å². The maximum absolute atomic E-state index is 12.8. The fraction of sp³-hybridized carbons (Fsp3) is 0.421. The van der Waals surface area contributed by atoms with Crippen molar-refractivity contribution in [2.45, 2.75) is 25.7 Å². The Morgan fingerprint density at radius 2 is 1.71 bits per heavy atom. The van der Waals surface area contributed by atoms with Crippen molar-refractivity contribution >= 4 is 23.4 Å². The number of amides is 3. The number of carbonyl (C=O) groups is 3. The van der Waals surface area contributed by atoms with Crippen molar-refractivity contribution in [1.29, 1.82) is 0 Å². The highest BCUT2D eigenvalue weighted by Gasteiger charge is 2.48. The van der Waals surface area contributed by atoms with Gasteiger partial charge in [-0.1, -0.05) is 30.4 Å². The molecular formula is C19H20N2O3. The lowest BCUT2D eigenvalue weighted by Crippen LogP contribution is -2.45. The summed E-state index contributed by atoms with van der Waals surface area (Å²) in [5.74, 6) is -1.09. The topological polar surface area (TPSA) is 57.7 Å². The Kier molecular flexibility index (Phi) is 3.71. The monoisotopic (exact) mass is 324 g/mol. The van der Waals surface area contributed by atoms with Crippen LogP contribution in [0.2, 0.25) is 0 Å². The van der Waals surface area contributed by atoms with Gasteiger partial charge in [0.25, 0.3) is 0 Å². The molecule has 3 amide bonds. The largest absolute Gasteiger partial charge is 0.311 e. The van der Waals surface area contributed by atoms with Gasteiger partial charge < -0.3 is 4.90 Å². The third kappa shape index (κ3) is 2.35. The van der Waals surface area contributed by atoms with E-state index in [0.29, 0.717) is 19.4 Å². The van der Waals surface area contributed by atoms with E-state index < -0.39 is 0 Å². The molecule has 24 heavy (non-hydrogen) atoms. The summed E-state index contributed by atoms with van der Waals surface area (Å²) < 4.78 is 0. The summed E-state index contributed by atoms with van der Waals surface area (Å²) in [5.41, 5.74) is 2.06. The van der Waals surface area contributed by atoms with Crippen LogP contribution in [0, 0.1) is 11.8 Å². The number of nitrogens with zero attached hydrogens (tertiary/aromatic N) is 2. The molecule has 2 heterocycles. The van der Waals surface area contributed by atoms with Crippen LogP contribution in [0.4, 0.5) is 5.69 Å². The van der Waals surface area contributed by atoms with Crippen molar-refractivity contribution in [3.63, 3.8) is 0 Å². The first-order valence-electron chi connectivity index (χ1n) is 8.55. The molecule has 0 spiro atoms. The van der Waals surface area contributed by atoms with Crippen LogP contribution >= 0.6 is 0 Å². The summed E-state index contributed by atoms with van der Waals surface area (Å²) in [7, 11) is 0. The summed E-state index contributed by atoms with van der Waals surface area (Å²) in [6, 6.07) is 7.85. The van der Waals surface area contributed by atoms with Gasteiger partial charge in [-0.15, -0.1) is 0 Å². The summed E-state index contributed by atoms with van der Waals surface area (Å²) in [4.78, 5) is 40.7. The zero-order valence-corrected chi connectivity index (χ0v) is 13.5. The van der Waals surface area contributed by atoms with E-state index in [1.807, 2.05) is 36.4 Å². The maximum atomic E-state index is 12.8. The lowest BCUT2D eigenvalue weighted by molar-refractivity contribution is -0.143. The van der Waals surface area contributed by atoms with E-state index in [-0.39, 0.29) is 36.1 Å². The Labute approximate surface area is 140 Å². The predicted molar refractivity (Wildman–Crippen MR) is 89.2 cm³/mol. The van der Waals surface area contributed by atoms with Crippen LogP contribution in [0.3, 0.4) is 0 Å². The molecule has 1 aromatic rings. The smallest absolute Gasteiger partial charge is 0.247 e. The van der Waals surface area contributed by atoms with Crippen molar-refractivity contribution < 1.29 is 14.4 Å². The Morgan fingerprint density at radius 3 is 2.42 bits per heavy atom. The molecule has 5 nitrogen and oxygen atoms in total. The van der Waals surface area contributed by atoms with Crippen LogP contribution < -0.4 is 4.90 Å². The van der Waals surface area contributed by atoms with Gasteiger partial charge in [-0.3, -0.25) is 19.3 Å².